The maximum Gasteiger partial charge on any atom is 0.320 e. The van der Waals surface area contributed by atoms with Gasteiger partial charge in [0.2, 0.25) is 10.0 Å². The molecule has 0 saturated carbocycles. The third kappa shape index (κ3) is 4.08. The van der Waals surface area contributed by atoms with E-state index >= 15 is 0 Å². The fraction of sp³-hybridized carbons (Fsp3) is 0.556. The maximum atomic E-state index is 12.7. The van der Waals surface area contributed by atoms with E-state index in [0.29, 0.717) is 31.7 Å². The molecule has 2 aliphatic heterocycles. The molecule has 3 amide bonds. The second-order valence-electron chi connectivity index (χ2n) is 7.07. The van der Waals surface area contributed by atoms with Crippen LogP contribution in [-0.2, 0) is 10.0 Å². The van der Waals surface area contributed by atoms with Crippen molar-refractivity contribution in [3.63, 3.8) is 0 Å². The van der Waals surface area contributed by atoms with Gasteiger partial charge >= 0.3 is 6.03 Å². The van der Waals surface area contributed by atoms with Crippen LogP contribution < -0.4 is 0 Å². The van der Waals surface area contributed by atoms with E-state index < -0.39 is 10.0 Å². The molecule has 0 aromatic heterocycles. The molecule has 0 bridgehead atoms. The summed E-state index contributed by atoms with van der Waals surface area (Å²) in [5.74, 6) is -0.142. The normalized spacial score (nSPS) is 18.3. The molecule has 27 heavy (non-hydrogen) atoms. The predicted molar refractivity (Wildman–Crippen MR) is 101 cm³/mol. The minimum absolute atomic E-state index is 0.0674. The first-order chi connectivity index (χ1) is 12.8. The van der Waals surface area contributed by atoms with Crippen LogP contribution >= 0.6 is 0 Å². The average molecular weight is 394 g/mol. The van der Waals surface area contributed by atoms with Gasteiger partial charge in [-0.25, -0.2) is 17.5 Å². The molecule has 2 fully saturated rings. The lowest BCUT2D eigenvalue weighted by atomic mass is 10.2. The molecule has 1 aromatic rings. The summed E-state index contributed by atoms with van der Waals surface area (Å²) in [5.41, 5.74) is 0.451. The summed E-state index contributed by atoms with van der Waals surface area (Å²) in [6.07, 6.45) is 2.12. The molecule has 2 aliphatic rings. The monoisotopic (exact) mass is 394 g/mol. The molecule has 0 radical (unpaired) electrons. The van der Waals surface area contributed by atoms with Gasteiger partial charge in [-0.15, -0.1) is 0 Å². The van der Waals surface area contributed by atoms with Gasteiger partial charge in [0.05, 0.1) is 4.90 Å². The molecule has 3 rings (SSSR count). The molecule has 2 heterocycles. The summed E-state index contributed by atoms with van der Waals surface area (Å²) in [6.45, 7) is 3.65. The fourth-order valence-electron chi connectivity index (χ4n) is 3.37. The van der Waals surface area contributed by atoms with Crippen LogP contribution in [0.25, 0.3) is 0 Å². The van der Waals surface area contributed by atoms with Crippen molar-refractivity contribution in [3.05, 3.63) is 29.8 Å². The Balaban J connectivity index is 1.60. The van der Waals surface area contributed by atoms with Crippen molar-refractivity contribution in [3.8, 4) is 0 Å². The van der Waals surface area contributed by atoms with Gasteiger partial charge in [-0.2, -0.15) is 0 Å². The summed E-state index contributed by atoms with van der Waals surface area (Å²) in [6, 6.07) is 6.06. The van der Waals surface area contributed by atoms with Crippen LogP contribution in [0.2, 0.25) is 0 Å². The van der Waals surface area contributed by atoms with E-state index in [-0.39, 0.29) is 16.8 Å². The Labute approximate surface area is 160 Å². The van der Waals surface area contributed by atoms with Crippen LogP contribution in [0.4, 0.5) is 4.79 Å². The quantitative estimate of drug-likeness (QED) is 0.763. The number of nitrogens with zero attached hydrogens (tertiary/aromatic N) is 4. The van der Waals surface area contributed by atoms with Crippen LogP contribution in [0.5, 0.6) is 0 Å². The molecule has 0 spiro atoms. The Morgan fingerprint density at radius 1 is 0.815 bits per heavy atom. The van der Waals surface area contributed by atoms with Crippen molar-refractivity contribution in [2.75, 3.05) is 53.4 Å². The third-order valence-corrected chi connectivity index (χ3v) is 6.92. The van der Waals surface area contributed by atoms with E-state index in [2.05, 4.69) is 0 Å². The number of rotatable bonds is 3. The van der Waals surface area contributed by atoms with E-state index in [1.165, 1.54) is 26.2 Å². The molecule has 0 aliphatic carbocycles. The topological polar surface area (TPSA) is 81.2 Å². The highest BCUT2D eigenvalue weighted by atomic mass is 32.2. The number of hydrogen-bond acceptors (Lipinski definition) is 4. The summed E-state index contributed by atoms with van der Waals surface area (Å²) in [4.78, 5) is 30.7. The maximum absolute atomic E-state index is 12.7. The Bertz CT molecular complexity index is 793. The van der Waals surface area contributed by atoms with Crippen LogP contribution in [0, 0.1) is 0 Å². The molecule has 2 saturated heterocycles. The number of carbonyl (C=O) groups excluding carboxylic acids is 2. The third-order valence-electron chi connectivity index (χ3n) is 5.09. The number of urea groups is 1. The largest absolute Gasteiger partial charge is 0.335 e. The number of likely N-dealkylation sites (tertiary alicyclic amines) is 1. The van der Waals surface area contributed by atoms with Crippen molar-refractivity contribution in [2.24, 2.45) is 0 Å². The minimum Gasteiger partial charge on any atom is -0.335 e. The van der Waals surface area contributed by atoms with Crippen molar-refractivity contribution < 1.29 is 18.0 Å². The standard InChI is InChI=1S/C18H26N4O4S/c1-19(2)27(25,26)16-7-5-15(6-8-16)17(23)20-11-13-22(14-12-20)18(24)21-9-3-4-10-21/h5-8H,3-4,9-14H2,1-2H3. The zero-order valence-electron chi connectivity index (χ0n) is 15.8. The fourth-order valence-corrected chi connectivity index (χ4v) is 4.27. The van der Waals surface area contributed by atoms with E-state index in [1.807, 2.05) is 9.80 Å². The summed E-state index contributed by atoms with van der Waals surface area (Å²) in [7, 11) is -0.570. The molecular weight excluding hydrogens is 368 g/mol. The highest BCUT2D eigenvalue weighted by Crippen LogP contribution is 2.17. The number of sulfonamides is 1. The first-order valence-corrected chi connectivity index (χ1v) is 10.6. The molecule has 9 heteroatoms. The van der Waals surface area contributed by atoms with Gasteiger partial charge in [0.15, 0.2) is 0 Å². The Kier molecular flexibility index (Phi) is 5.71. The lowest BCUT2D eigenvalue weighted by Crippen LogP contribution is -2.53. The average Bonchev–Trinajstić information content (AvgIpc) is 3.22. The summed E-state index contributed by atoms with van der Waals surface area (Å²) < 4.78 is 25.4. The number of hydrogen-bond donors (Lipinski definition) is 0. The van der Waals surface area contributed by atoms with Crippen molar-refractivity contribution >= 4 is 22.0 Å². The lowest BCUT2D eigenvalue weighted by Gasteiger charge is -2.36. The number of carbonyl (C=O) groups is 2. The smallest absolute Gasteiger partial charge is 0.320 e. The van der Waals surface area contributed by atoms with E-state index in [0.717, 1.165) is 30.2 Å². The van der Waals surface area contributed by atoms with Gasteiger partial charge in [-0.1, -0.05) is 0 Å². The highest BCUT2D eigenvalue weighted by Gasteiger charge is 2.29. The van der Waals surface area contributed by atoms with Gasteiger partial charge in [0, 0.05) is 58.9 Å². The van der Waals surface area contributed by atoms with Gasteiger partial charge in [0.1, 0.15) is 0 Å². The second-order valence-corrected chi connectivity index (χ2v) is 9.22. The molecule has 1 aromatic carbocycles. The summed E-state index contributed by atoms with van der Waals surface area (Å²) >= 11 is 0. The first-order valence-electron chi connectivity index (χ1n) is 9.16. The Morgan fingerprint density at radius 3 is 1.81 bits per heavy atom. The molecule has 0 atom stereocenters. The van der Waals surface area contributed by atoms with E-state index in [9.17, 15) is 18.0 Å². The highest BCUT2D eigenvalue weighted by molar-refractivity contribution is 7.89. The molecule has 0 N–H and O–H groups in total. The van der Waals surface area contributed by atoms with Crippen LogP contribution in [0.15, 0.2) is 29.2 Å². The minimum atomic E-state index is -3.51. The zero-order chi connectivity index (χ0) is 19.6. The van der Waals surface area contributed by atoms with E-state index in [4.69, 9.17) is 0 Å². The van der Waals surface area contributed by atoms with Crippen LogP contribution in [0.1, 0.15) is 23.2 Å². The van der Waals surface area contributed by atoms with Crippen molar-refractivity contribution in [2.45, 2.75) is 17.7 Å². The predicted octanol–water partition coefficient (Wildman–Crippen LogP) is 0.911. The van der Waals surface area contributed by atoms with Gasteiger partial charge in [-0.05, 0) is 37.1 Å². The van der Waals surface area contributed by atoms with Crippen LogP contribution in [-0.4, -0.2) is 92.7 Å². The Hall–Kier alpha value is -2.13. The second kappa shape index (κ2) is 7.85. The zero-order valence-corrected chi connectivity index (χ0v) is 16.6. The first kappa shape index (κ1) is 19.6. The van der Waals surface area contributed by atoms with E-state index in [1.54, 1.807) is 17.0 Å². The van der Waals surface area contributed by atoms with Gasteiger partial charge in [-0.3, -0.25) is 4.79 Å². The number of amides is 3. The lowest BCUT2D eigenvalue weighted by molar-refractivity contribution is 0.0645. The molecule has 0 unspecified atom stereocenters. The Morgan fingerprint density at radius 2 is 1.30 bits per heavy atom. The van der Waals surface area contributed by atoms with Crippen molar-refractivity contribution in [1.82, 2.24) is 19.0 Å². The summed E-state index contributed by atoms with van der Waals surface area (Å²) in [5, 5.41) is 0. The number of benzene rings is 1. The number of piperazine rings is 1. The van der Waals surface area contributed by atoms with Gasteiger partial charge < -0.3 is 14.7 Å². The molecule has 8 nitrogen and oxygen atoms in total. The van der Waals surface area contributed by atoms with Crippen LogP contribution in [0.3, 0.4) is 0 Å². The van der Waals surface area contributed by atoms with Gasteiger partial charge in [0.25, 0.3) is 5.91 Å². The molecule has 148 valence electrons. The van der Waals surface area contributed by atoms with Crippen molar-refractivity contribution in [1.29, 1.82) is 0 Å². The molecular formula is C18H26N4O4S. The SMILES string of the molecule is CN(C)S(=O)(=O)c1ccc(C(=O)N2CCN(C(=O)N3CCCC3)CC2)cc1.